The molecule has 1 unspecified atom stereocenters. The summed E-state index contributed by atoms with van der Waals surface area (Å²) in [7, 11) is 0. The molecule has 0 aliphatic carbocycles. The molecule has 0 aromatic heterocycles. The van der Waals surface area contributed by atoms with Gasteiger partial charge in [0.05, 0.1) is 4.92 Å². The fourth-order valence-corrected chi connectivity index (χ4v) is 2.59. The zero-order valence-electron chi connectivity index (χ0n) is 9.77. The largest absolute Gasteiger partial charge is 0.309 e. The van der Waals surface area contributed by atoms with Gasteiger partial charge >= 0.3 is 0 Å². The summed E-state index contributed by atoms with van der Waals surface area (Å²) in [4.78, 5) is 10.3. The van der Waals surface area contributed by atoms with Crippen LogP contribution in [-0.4, -0.2) is 23.0 Å². The van der Waals surface area contributed by atoms with Crippen LogP contribution in [-0.2, 0) is 6.54 Å². The first-order valence-corrected chi connectivity index (χ1v) is 7.37. The molecule has 17 heavy (non-hydrogen) atoms. The highest BCUT2D eigenvalue weighted by Crippen LogP contribution is 2.21. The van der Waals surface area contributed by atoms with Crippen LogP contribution in [0.3, 0.4) is 0 Å². The molecule has 1 rings (SSSR count). The summed E-state index contributed by atoms with van der Waals surface area (Å²) in [6.45, 7) is 2.74. The van der Waals surface area contributed by atoms with Crippen LogP contribution in [0.1, 0.15) is 12.5 Å². The summed E-state index contributed by atoms with van der Waals surface area (Å²) >= 11 is 5.06. The fraction of sp³-hybridized carbons (Fsp3) is 0.455. The number of nitro benzene ring substituents is 1. The van der Waals surface area contributed by atoms with E-state index in [0.717, 1.165) is 15.8 Å². The quantitative estimate of drug-likeness (QED) is 0.646. The van der Waals surface area contributed by atoms with Crippen molar-refractivity contribution in [3.05, 3.63) is 38.3 Å². The Labute approximate surface area is 113 Å². The minimum absolute atomic E-state index is 0.119. The molecule has 94 valence electrons. The number of hydrogen-bond donors (Lipinski definition) is 1. The van der Waals surface area contributed by atoms with Gasteiger partial charge in [0.1, 0.15) is 0 Å². The van der Waals surface area contributed by atoms with Gasteiger partial charge in [-0.15, -0.1) is 0 Å². The summed E-state index contributed by atoms with van der Waals surface area (Å²) in [5.41, 5.74) is 1.03. The van der Waals surface area contributed by atoms with Gasteiger partial charge in [0.2, 0.25) is 0 Å². The van der Waals surface area contributed by atoms with E-state index in [9.17, 15) is 10.1 Å². The van der Waals surface area contributed by atoms with Crippen molar-refractivity contribution in [3.8, 4) is 0 Å². The van der Waals surface area contributed by atoms with Gasteiger partial charge in [-0.1, -0.05) is 15.9 Å². The molecule has 4 nitrogen and oxygen atoms in total. The van der Waals surface area contributed by atoms with Crippen LogP contribution in [0.15, 0.2) is 22.7 Å². The Bertz CT molecular complexity index is 401. The predicted molar refractivity (Wildman–Crippen MR) is 75.5 cm³/mol. The second-order valence-electron chi connectivity index (χ2n) is 3.81. The summed E-state index contributed by atoms with van der Waals surface area (Å²) in [5.74, 6) is 1.02. The van der Waals surface area contributed by atoms with Gasteiger partial charge in [-0.3, -0.25) is 10.1 Å². The first kappa shape index (κ1) is 14.5. The van der Waals surface area contributed by atoms with Crippen LogP contribution in [0.2, 0.25) is 0 Å². The number of rotatable bonds is 6. The van der Waals surface area contributed by atoms with Crippen LogP contribution < -0.4 is 5.32 Å². The number of benzene rings is 1. The van der Waals surface area contributed by atoms with Crippen LogP contribution in [0.5, 0.6) is 0 Å². The van der Waals surface area contributed by atoms with Crippen LogP contribution >= 0.6 is 27.7 Å². The number of thioether (sulfide) groups is 1. The van der Waals surface area contributed by atoms with Gasteiger partial charge in [-0.25, -0.2) is 0 Å². The molecule has 0 spiro atoms. The number of hydrogen-bond acceptors (Lipinski definition) is 4. The molecule has 0 radical (unpaired) electrons. The van der Waals surface area contributed by atoms with Crippen LogP contribution in [0, 0.1) is 10.1 Å². The topological polar surface area (TPSA) is 55.2 Å². The van der Waals surface area contributed by atoms with E-state index in [-0.39, 0.29) is 10.6 Å². The van der Waals surface area contributed by atoms with E-state index in [4.69, 9.17) is 0 Å². The van der Waals surface area contributed by atoms with Crippen molar-refractivity contribution in [2.24, 2.45) is 0 Å². The summed E-state index contributed by atoms with van der Waals surface area (Å²) in [6, 6.07) is 5.40. The van der Waals surface area contributed by atoms with Crippen molar-refractivity contribution in [3.63, 3.8) is 0 Å². The zero-order chi connectivity index (χ0) is 12.8. The molecule has 1 N–H and O–H groups in total. The second-order valence-corrected chi connectivity index (χ2v) is 5.64. The zero-order valence-corrected chi connectivity index (χ0v) is 12.2. The van der Waals surface area contributed by atoms with Gasteiger partial charge in [0, 0.05) is 34.9 Å². The molecular formula is C11H15BrN2O2S. The average Bonchev–Trinajstić information content (AvgIpc) is 2.26. The highest BCUT2D eigenvalue weighted by atomic mass is 79.9. The van der Waals surface area contributed by atoms with Crippen LogP contribution in [0.4, 0.5) is 5.69 Å². The second kappa shape index (κ2) is 6.98. The van der Waals surface area contributed by atoms with E-state index < -0.39 is 0 Å². The summed E-state index contributed by atoms with van der Waals surface area (Å²) in [6.07, 6.45) is 2.06. The van der Waals surface area contributed by atoms with Gasteiger partial charge in [0.25, 0.3) is 5.69 Å². The van der Waals surface area contributed by atoms with E-state index in [1.807, 2.05) is 6.07 Å². The van der Waals surface area contributed by atoms with Crippen molar-refractivity contribution in [1.82, 2.24) is 5.32 Å². The number of nitrogens with zero attached hydrogens (tertiary/aromatic N) is 1. The monoisotopic (exact) mass is 318 g/mol. The smallest absolute Gasteiger partial charge is 0.270 e. The third-order valence-electron chi connectivity index (χ3n) is 2.22. The minimum Gasteiger partial charge on any atom is -0.309 e. The van der Waals surface area contributed by atoms with E-state index in [2.05, 4.69) is 34.4 Å². The molecule has 1 aromatic rings. The van der Waals surface area contributed by atoms with E-state index in [0.29, 0.717) is 12.6 Å². The highest BCUT2D eigenvalue weighted by molar-refractivity contribution is 9.10. The van der Waals surface area contributed by atoms with Gasteiger partial charge < -0.3 is 5.32 Å². The Morgan fingerprint density at radius 1 is 1.53 bits per heavy atom. The molecule has 6 heteroatoms. The standard InChI is InChI=1S/C11H15BrN2O2S/c1-8(7-17-2)13-6-9-3-10(12)5-11(4-9)14(15)16/h3-5,8,13H,6-7H2,1-2H3. The third-order valence-corrected chi connectivity index (χ3v) is 3.52. The lowest BCUT2D eigenvalue weighted by atomic mass is 10.2. The Hall–Kier alpha value is -0.590. The molecule has 0 bridgehead atoms. The Balaban J connectivity index is 2.68. The number of nitrogens with one attached hydrogen (secondary N) is 1. The fourth-order valence-electron chi connectivity index (χ4n) is 1.44. The van der Waals surface area contributed by atoms with Gasteiger partial charge in [-0.05, 0) is 24.8 Å². The minimum atomic E-state index is -0.375. The van der Waals surface area contributed by atoms with Crippen molar-refractivity contribution in [1.29, 1.82) is 0 Å². The first-order valence-electron chi connectivity index (χ1n) is 5.19. The molecule has 0 fully saturated rings. The Morgan fingerprint density at radius 3 is 2.82 bits per heavy atom. The van der Waals surface area contributed by atoms with Crippen molar-refractivity contribution in [2.45, 2.75) is 19.5 Å². The third kappa shape index (κ3) is 5.06. The van der Waals surface area contributed by atoms with E-state index >= 15 is 0 Å². The van der Waals surface area contributed by atoms with Crippen molar-refractivity contribution < 1.29 is 4.92 Å². The Morgan fingerprint density at radius 2 is 2.24 bits per heavy atom. The highest BCUT2D eigenvalue weighted by Gasteiger charge is 2.09. The first-order chi connectivity index (χ1) is 8.02. The summed E-state index contributed by atoms with van der Waals surface area (Å²) in [5, 5.41) is 14.0. The molecular weight excluding hydrogens is 304 g/mol. The normalized spacial score (nSPS) is 12.4. The molecule has 0 saturated heterocycles. The maximum Gasteiger partial charge on any atom is 0.270 e. The Kier molecular flexibility index (Phi) is 5.94. The molecule has 0 aliphatic rings. The number of nitro groups is 1. The van der Waals surface area contributed by atoms with E-state index in [1.165, 1.54) is 6.07 Å². The SMILES string of the molecule is CSCC(C)NCc1cc(Br)cc([N+](=O)[O-])c1. The van der Waals surface area contributed by atoms with Gasteiger partial charge in [0.15, 0.2) is 0 Å². The van der Waals surface area contributed by atoms with Gasteiger partial charge in [-0.2, -0.15) is 11.8 Å². The summed E-state index contributed by atoms with van der Waals surface area (Å²) < 4.78 is 0.737. The van der Waals surface area contributed by atoms with Crippen molar-refractivity contribution in [2.75, 3.05) is 12.0 Å². The molecule has 1 aromatic carbocycles. The molecule has 0 amide bonds. The molecule has 0 aliphatic heterocycles. The van der Waals surface area contributed by atoms with Crippen molar-refractivity contribution >= 4 is 33.4 Å². The average molecular weight is 319 g/mol. The molecule has 1 atom stereocenters. The number of halogens is 1. The molecule has 0 saturated carbocycles. The van der Waals surface area contributed by atoms with E-state index in [1.54, 1.807) is 17.8 Å². The lowest BCUT2D eigenvalue weighted by Gasteiger charge is -2.12. The number of non-ortho nitro benzene ring substituents is 1. The lowest BCUT2D eigenvalue weighted by Crippen LogP contribution is -2.27. The maximum absolute atomic E-state index is 10.7. The van der Waals surface area contributed by atoms with Crippen LogP contribution in [0.25, 0.3) is 0 Å². The lowest BCUT2D eigenvalue weighted by molar-refractivity contribution is -0.385. The predicted octanol–water partition coefficient (Wildman–Crippen LogP) is 3.20. The maximum atomic E-state index is 10.7. The molecule has 0 heterocycles.